The number of benzene rings is 1. The second kappa shape index (κ2) is 3.88. The van der Waals surface area contributed by atoms with E-state index in [1.165, 1.54) is 0 Å². The summed E-state index contributed by atoms with van der Waals surface area (Å²) in [6, 6.07) is 9.65. The number of carbonyl (C=O) groups excluding carboxylic acids is 1. The summed E-state index contributed by atoms with van der Waals surface area (Å²) in [4.78, 5) is 13.0. The molecule has 1 aliphatic carbocycles. The summed E-state index contributed by atoms with van der Waals surface area (Å²) in [5.41, 5.74) is 0.834. The lowest BCUT2D eigenvalue weighted by atomic mass is 10.3. The first-order valence-corrected chi connectivity index (χ1v) is 4.80. The van der Waals surface area contributed by atoms with E-state index in [9.17, 15) is 4.79 Å². The summed E-state index contributed by atoms with van der Waals surface area (Å²) in [5.74, 6) is 0. The average molecular weight is 212 g/mol. The summed E-state index contributed by atoms with van der Waals surface area (Å²) in [7, 11) is 0. The maximum Gasteiger partial charge on any atom is 0.432 e. The first-order chi connectivity index (χ1) is 6.83. The second-order valence-electron chi connectivity index (χ2n) is 3.28. The van der Waals surface area contributed by atoms with Crippen LogP contribution in [-0.4, -0.2) is 12.1 Å². The zero-order chi connectivity index (χ0) is 9.97. The molecule has 4 heteroatoms. The molecule has 1 saturated carbocycles. The van der Waals surface area contributed by atoms with E-state index in [4.69, 9.17) is 11.9 Å². The lowest BCUT2D eigenvalue weighted by Gasteiger charge is -2.19. The monoisotopic (exact) mass is 211 g/mol. The highest BCUT2D eigenvalue weighted by Crippen LogP contribution is 2.32. The average Bonchev–Trinajstić information content (AvgIpc) is 3.04. The predicted octanol–water partition coefficient (Wildman–Crippen LogP) is 2.95. The molecule has 1 fully saturated rings. The van der Waals surface area contributed by atoms with Gasteiger partial charge in [-0.3, -0.25) is 4.90 Å². The number of para-hydroxylation sites is 1. The van der Waals surface area contributed by atoms with Gasteiger partial charge in [-0.05, 0) is 25.0 Å². The highest BCUT2D eigenvalue weighted by Gasteiger charge is 2.34. The summed E-state index contributed by atoms with van der Waals surface area (Å²) >= 11 is 5.08. The van der Waals surface area contributed by atoms with Crippen molar-refractivity contribution in [1.29, 1.82) is 0 Å². The fourth-order valence-corrected chi connectivity index (χ4v) is 1.50. The molecule has 0 atom stereocenters. The summed E-state index contributed by atoms with van der Waals surface area (Å²) in [5, 5.41) is 0. The van der Waals surface area contributed by atoms with Crippen molar-refractivity contribution in [3.05, 3.63) is 30.3 Å². The molecule has 3 nitrogen and oxygen atoms in total. The third-order valence-electron chi connectivity index (χ3n) is 2.21. The van der Waals surface area contributed by atoms with E-state index in [1.807, 2.05) is 30.3 Å². The Kier molecular flexibility index (Phi) is 2.59. The third kappa shape index (κ3) is 1.82. The van der Waals surface area contributed by atoms with Crippen LogP contribution in [0.2, 0.25) is 0 Å². The van der Waals surface area contributed by atoms with E-state index in [1.54, 1.807) is 4.90 Å². The molecule has 0 N–H and O–H groups in total. The summed E-state index contributed by atoms with van der Waals surface area (Å²) < 4.78 is 4.23. The fourth-order valence-electron chi connectivity index (χ4n) is 1.42. The molecule has 0 spiro atoms. The number of amides is 1. The van der Waals surface area contributed by atoms with Crippen LogP contribution < -0.4 is 4.90 Å². The van der Waals surface area contributed by atoms with Crippen molar-refractivity contribution in [2.45, 2.75) is 18.9 Å². The van der Waals surface area contributed by atoms with Crippen molar-refractivity contribution >= 4 is 23.6 Å². The minimum absolute atomic E-state index is 0.253. The fraction of sp³-hybridized carbons (Fsp3) is 0.300. The van der Waals surface area contributed by atoms with Gasteiger partial charge < -0.3 is 4.29 Å². The van der Waals surface area contributed by atoms with E-state index in [0.717, 1.165) is 18.5 Å². The summed E-state index contributed by atoms with van der Waals surface area (Å²) in [6.45, 7) is 0. The number of halogens is 1. The smallest absolute Gasteiger partial charge is 0.330 e. The first-order valence-electron chi connectivity index (χ1n) is 4.50. The van der Waals surface area contributed by atoms with Crippen molar-refractivity contribution < 1.29 is 9.08 Å². The molecule has 1 amide bonds. The van der Waals surface area contributed by atoms with Gasteiger partial charge in [0.2, 0.25) is 0 Å². The topological polar surface area (TPSA) is 29.5 Å². The van der Waals surface area contributed by atoms with Crippen LogP contribution >= 0.6 is 11.9 Å². The SMILES string of the molecule is O=C(OCl)N(c1ccccc1)C1CC1. The molecule has 0 aromatic heterocycles. The molecule has 0 radical (unpaired) electrons. The summed E-state index contributed by atoms with van der Waals surface area (Å²) in [6.07, 6.45) is 1.53. The van der Waals surface area contributed by atoms with Gasteiger partial charge in [0.25, 0.3) is 0 Å². The van der Waals surface area contributed by atoms with Crippen molar-refractivity contribution in [3.63, 3.8) is 0 Å². The van der Waals surface area contributed by atoms with Gasteiger partial charge >= 0.3 is 6.09 Å². The molecule has 74 valence electrons. The van der Waals surface area contributed by atoms with Gasteiger partial charge in [-0.25, -0.2) is 4.79 Å². The number of hydrogen-bond donors (Lipinski definition) is 0. The van der Waals surface area contributed by atoms with Gasteiger partial charge in [0.1, 0.15) is 11.9 Å². The van der Waals surface area contributed by atoms with Gasteiger partial charge in [-0.1, -0.05) is 18.2 Å². The second-order valence-corrected chi connectivity index (χ2v) is 3.43. The van der Waals surface area contributed by atoms with Gasteiger partial charge in [0, 0.05) is 11.7 Å². The highest BCUT2D eigenvalue weighted by atomic mass is 35.5. The maximum atomic E-state index is 11.4. The molecule has 1 aliphatic rings. The molecule has 1 aromatic rings. The van der Waals surface area contributed by atoms with Crippen LogP contribution in [0.15, 0.2) is 30.3 Å². The van der Waals surface area contributed by atoms with Crippen LogP contribution in [0.4, 0.5) is 10.5 Å². The molecule has 0 saturated heterocycles. The molecular formula is C10H10ClNO2. The molecular weight excluding hydrogens is 202 g/mol. The Hall–Kier alpha value is -1.22. The van der Waals surface area contributed by atoms with E-state index >= 15 is 0 Å². The molecule has 0 heterocycles. The van der Waals surface area contributed by atoms with Gasteiger partial charge in [0.15, 0.2) is 0 Å². The van der Waals surface area contributed by atoms with Crippen LogP contribution in [-0.2, 0) is 4.29 Å². The van der Waals surface area contributed by atoms with Crippen molar-refractivity contribution in [1.82, 2.24) is 0 Å². The number of anilines is 1. The van der Waals surface area contributed by atoms with E-state index in [2.05, 4.69) is 4.29 Å². The lowest BCUT2D eigenvalue weighted by Crippen LogP contribution is -2.31. The van der Waals surface area contributed by atoms with Crippen molar-refractivity contribution in [2.75, 3.05) is 4.90 Å². The quantitative estimate of drug-likeness (QED) is 0.753. The number of carbonyl (C=O) groups is 1. The zero-order valence-electron chi connectivity index (χ0n) is 7.52. The first kappa shape index (κ1) is 9.34. The standard InChI is InChI=1S/C10H10ClNO2/c11-14-10(13)12(9-6-7-9)8-4-2-1-3-5-8/h1-5,9H,6-7H2. The Labute approximate surface area is 87.4 Å². The maximum absolute atomic E-state index is 11.4. The lowest BCUT2D eigenvalue weighted by molar-refractivity contribution is 0.211. The minimum atomic E-state index is -0.500. The van der Waals surface area contributed by atoms with Crippen LogP contribution in [0.5, 0.6) is 0 Å². The van der Waals surface area contributed by atoms with Gasteiger partial charge in [-0.15, -0.1) is 0 Å². The third-order valence-corrected chi connectivity index (χ3v) is 2.34. The molecule has 1 aromatic carbocycles. The van der Waals surface area contributed by atoms with Crippen molar-refractivity contribution in [2.24, 2.45) is 0 Å². The van der Waals surface area contributed by atoms with E-state index < -0.39 is 6.09 Å². The Morgan fingerprint density at radius 1 is 1.36 bits per heavy atom. The van der Waals surface area contributed by atoms with E-state index in [0.29, 0.717) is 0 Å². The number of rotatable bonds is 2. The Balaban J connectivity index is 2.22. The van der Waals surface area contributed by atoms with E-state index in [-0.39, 0.29) is 6.04 Å². The Morgan fingerprint density at radius 3 is 2.50 bits per heavy atom. The highest BCUT2D eigenvalue weighted by molar-refractivity contribution is 6.15. The van der Waals surface area contributed by atoms with Crippen LogP contribution in [0.1, 0.15) is 12.8 Å². The largest absolute Gasteiger partial charge is 0.432 e. The molecule has 14 heavy (non-hydrogen) atoms. The van der Waals surface area contributed by atoms with Crippen LogP contribution in [0.25, 0.3) is 0 Å². The van der Waals surface area contributed by atoms with Crippen LogP contribution in [0.3, 0.4) is 0 Å². The number of nitrogens with zero attached hydrogens (tertiary/aromatic N) is 1. The molecule has 2 rings (SSSR count). The minimum Gasteiger partial charge on any atom is -0.330 e. The van der Waals surface area contributed by atoms with Gasteiger partial charge in [-0.2, -0.15) is 0 Å². The Morgan fingerprint density at radius 2 is 2.00 bits per heavy atom. The molecule has 0 unspecified atom stereocenters. The van der Waals surface area contributed by atoms with Crippen LogP contribution in [0, 0.1) is 0 Å². The normalized spacial score (nSPS) is 14.9. The van der Waals surface area contributed by atoms with Crippen molar-refractivity contribution in [3.8, 4) is 0 Å². The molecule has 0 bridgehead atoms. The molecule has 0 aliphatic heterocycles. The predicted molar refractivity (Wildman–Crippen MR) is 54.3 cm³/mol. The Bertz CT molecular complexity index is 324. The zero-order valence-corrected chi connectivity index (χ0v) is 8.28. The number of hydrogen-bond acceptors (Lipinski definition) is 2. The van der Waals surface area contributed by atoms with Gasteiger partial charge in [0.05, 0.1) is 0 Å².